The summed E-state index contributed by atoms with van der Waals surface area (Å²) in [6.07, 6.45) is 3.49. The number of nitrogens with one attached hydrogen (secondary N) is 5. The molecule has 1 fully saturated rings. The SMILES string of the molecule is COc1cc(Nc2cc(Oc3ccc(NC(=O)Nc4cc(C(C)(C)C)cc(NS(C)=O)c4OC)c4ccccc34)ccn2)ccc1C(=O)NCCN1C[C@@H](C)O[C@@H](C)C1. The molecule has 312 valence electrons. The first-order valence-corrected chi connectivity index (χ1v) is 20.9. The topological polar surface area (TPSA) is 164 Å². The van der Waals surface area contributed by atoms with Crippen molar-refractivity contribution in [2.24, 2.45) is 0 Å². The molecular formula is C44H53N7O7S. The zero-order valence-electron chi connectivity index (χ0n) is 34.7. The van der Waals surface area contributed by atoms with Gasteiger partial charge in [-0.1, -0.05) is 45.0 Å². The van der Waals surface area contributed by atoms with Gasteiger partial charge in [0.2, 0.25) is 0 Å². The van der Waals surface area contributed by atoms with Gasteiger partial charge in [0.15, 0.2) is 5.75 Å². The highest BCUT2D eigenvalue weighted by Crippen LogP contribution is 2.40. The van der Waals surface area contributed by atoms with E-state index in [-0.39, 0.29) is 23.5 Å². The molecule has 6 rings (SSSR count). The Labute approximate surface area is 347 Å². The molecule has 2 heterocycles. The summed E-state index contributed by atoms with van der Waals surface area (Å²) in [5.74, 6) is 2.19. The number of urea groups is 1. The minimum atomic E-state index is -1.36. The van der Waals surface area contributed by atoms with Crippen molar-refractivity contribution in [2.75, 3.05) is 67.3 Å². The summed E-state index contributed by atoms with van der Waals surface area (Å²) in [7, 11) is 1.67. The molecule has 0 saturated carbocycles. The molecule has 0 bridgehead atoms. The Morgan fingerprint density at radius 2 is 1.58 bits per heavy atom. The molecule has 59 heavy (non-hydrogen) atoms. The zero-order valence-corrected chi connectivity index (χ0v) is 35.5. The van der Waals surface area contributed by atoms with Gasteiger partial charge in [0.05, 0.1) is 49.1 Å². The Kier molecular flexibility index (Phi) is 13.6. The van der Waals surface area contributed by atoms with Gasteiger partial charge in [-0.25, -0.2) is 14.0 Å². The number of nitrogens with zero attached hydrogens (tertiary/aromatic N) is 2. The van der Waals surface area contributed by atoms with Crippen molar-refractivity contribution in [3.63, 3.8) is 0 Å². The maximum Gasteiger partial charge on any atom is 0.323 e. The molecule has 5 N–H and O–H groups in total. The number of rotatable bonds is 14. The second-order valence-electron chi connectivity index (χ2n) is 15.4. The van der Waals surface area contributed by atoms with Crippen LogP contribution < -0.4 is 40.2 Å². The first-order valence-electron chi connectivity index (χ1n) is 19.4. The van der Waals surface area contributed by atoms with Crippen LogP contribution in [0.15, 0.2) is 85.1 Å². The van der Waals surface area contributed by atoms with Gasteiger partial charge in [0, 0.05) is 67.2 Å². The van der Waals surface area contributed by atoms with E-state index in [2.05, 4.69) is 70.5 Å². The lowest BCUT2D eigenvalue weighted by Crippen LogP contribution is -2.47. The van der Waals surface area contributed by atoms with E-state index in [4.69, 9.17) is 18.9 Å². The number of ether oxygens (including phenoxy) is 4. The summed E-state index contributed by atoms with van der Waals surface area (Å²) >= 11 is 0. The van der Waals surface area contributed by atoms with Gasteiger partial charge in [-0.05, 0) is 67.3 Å². The smallest absolute Gasteiger partial charge is 0.323 e. The number of carbonyl (C=O) groups excluding carboxylic acids is 2. The Morgan fingerprint density at radius 3 is 2.27 bits per heavy atom. The molecule has 3 atom stereocenters. The molecule has 0 spiro atoms. The number of aromatic nitrogens is 1. The number of methoxy groups -OCH3 is 2. The van der Waals surface area contributed by atoms with Crippen molar-refractivity contribution >= 4 is 62.3 Å². The highest BCUT2D eigenvalue weighted by molar-refractivity contribution is 7.85. The van der Waals surface area contributed by atoms with Crippen LogP contribution >= 0.6 is 0 Å². The molecule has 15 heteroatoms. The van der Waals surface area contributed by atoms with Crippen molar-refractivity contribution in [3.05, 3.63) is 96.2 Å². The van der Waals surface area contributed by atoms with E-state index in [1.54, 1.807) is 48.7 Å². The average molecular weight is 824 g/mol. The lowest BCUT2D eigenvalue weighted by atomic mass is 9.86. The van der Waals surface area contributed by atoms with Gasteiger partial charge in [0.1, 0.15) is 34.1 Å². The summed E-state index contributed by atoms with van der Waals surface area (Å²) in [5, 5.41) is 13.7. The molecule has 4 aromatic carbocycles. The third kappa shape index (κ3) is 11.0. The third-order valence-electron chi connectivity index (χ3n) is 9.68. The van der Waals surface area contributed by atoms with Crippen LogP contribution in [0.25, 0.3) is 10.8 Å². The fourth-order valence-electron chi connectivity index (χ4n) is 7.01. The predicted molar refractivity (Wildman–Crippen MR) is 235 cm³/mol. The largest absolute Gasteiger partial charge is 0.496 e. The molecule has 1 aliphatic heterocycles. The third-order valence-corrected chi connectivity index (χ3v) is 10.2. The number of anilines is 5. The molecule has 14 nitrogen and oxygen atoms in total. The summed E-state index contributed by atoms with van der Waals surface area (Å²) < 4.78 is 38.5. The van der Waals surface area contributed by atoms with Crippen molar-refractivity contribution < 1.29 is 32.7 Å². The number of hydrogen-bond donors (Lipinski definition) is 5. The van der Waals surface area contributed by atoms with Gasteiger partial charge in [-0.2, -0.15) is 0 Å². The number of fused-ring (bicyclic) bond motifs is 1. The Hall–Kier alpha value is -5.90. The number of amides is 3. The molecule has 3 amide bonds. The van der Waals surface area contributed by atoms with Crippen molar-refractivity contribution in [2.45, 2.75) is 52.2 Å². The Morgan fingerprint density at radius 1 is 0.864 bits per heavy atom. The normalized spacial score (nSPS) is 16.1. The average Bonchev–Trinajstić information content (AvgIpc) is 3.18. The Bertz CT molecular complexity index is 2320. The summed E-state index contributed by atoms with van der Waals surface area (Å²) in [5.41, 5.74) is 3.26. The number of hydrogen-bond acceptors (Lipinski definition) is 10. The number of benzene rings is 4. The van der Waals surface area contributed by atoms with Crippen molar-refractivity contribution in [1.29, 1.82) is 0 Å². The number of pyridine rings is 1. The quantitative estimate of drug-likeness (QED) is 0.0737. The second-order valence-corrected chi connectivity index (χ2v) is 16.6. The molecule has 1 saturated heterocycles. The fourth-order valence-corrected chi connectivity index (χ4v) is 7.48. The maximum absolute atomic E-state index is 13.5. The van der Waals surface area contributed by atoms with Crippen LogP contribution in [0.4, 0.5) is 33.4 Å². The fraction of sp³-hybridized carbons (Fsp3) is 0.341. The Balaban J connectivity index is 1.13. The van der Waals surface area contributed by atoms with Gasteiger partial charge in [0.25, 0.3) is 5.91 Å². The molecule has 0 radical (unpaired) electrons. The second kappa shape index (κ2) is 18.8. The standard InChI is InChI=1S/C44H53N7O7S/c1-27-25-51(26-28(2)57-27)20-19-46-42(52)34-14-13-30(23-39(34)55-6)47-40-24-31(17-18-45-40)58-38-16-15-35(32-11-9-10-12-33(32)38)48-43(53)49-36-21-29(44(3,4)5)22-37(41(36)56-7)50-59(8)54/h9-18,21-24,27-28,50H,19-20,25-26H2,1-8H3,(H,45,47)(H,46,52)(H2,48,49,53)/t27-,28+,59?. The van der Waals surface area contributed by atoms with Crippen molar-refractivity contribution in [1.82, 2.24) is 15.2 Å². The highest BCUT2D eigenvalue weighted by Gasteiger charge is 2.24. The highest BCUT2D eigenvalue weighted by atomic mass is 32.2. The summed E-state index contributed by atoms with van der Waals surface area (Å²) in [4.78, 5) is 33.4. The van der Waals surface area contributed by atoms with E-state index in [9.17, 15) is 13.8 Å². The van der Waals surface area contributed by atoms with Crippen LogP contribution in [0.1, 0.15) is 50.5 Å². The molecule has 0 aliphatic carbocycles. The maximum atomic E-state index is 13.5. The van der Waals surface area contributed by atoms with Crippen LogP contribution in [-0.4, -0.2) is 84.9 Å². The van der Waals surface area contributed by atoms with E-state index < -0.39 is 17.0 Å². The first-order chi connectivity index (χ1) is 28.2. The van der Waals surface area contributed by atoms with E-state index in [0.717, 1.165) is 36.0 Å². The predicted octanol–water partition coefficient (Wildman–Crippen LogP) is 8.27. The molecule has 5 aromatic rings. The minimum Gasteiger partial charge on any atom is -0.496 e. The number of carbonyl (C=O) groups is 2. The van der Waals surface area contributed by atoms with E-state index in [0.29, 0.717) is 63.7 Å². The molecular weight excluding hydrogens is 771 g/mol. The lowest BCUT2D eigenvalue weighted by molar-refractivity contribution is -0.0672. The summed E-state index contributed by atoms with van der Waals surface area (Å²) in [6, 6.07) is 23.2. The van der Waals surface area contributed by atoms with Crippen molar-refractivity contribution in [3.8, 4) is 23.0 Å². The first kappa shape index (κ1) is 42.7. The lowest BCUT2D eigenvalue weighted by Gasteiger charge is -2.35. The van der Waals surface area contributed by atoms with Crippen LogP contribution in [0.5, 0.6) is 23.0 Å². The van der Waals surface area contributed by atoms with Gasteiger partial charge < -0.3 is 44.9 Å². The van der Waals surface area contributed by atoms with Gasteiger partial charge in [-0.15, -0.1) is 0 Å². The molecule has 1 aliphatic rings. The molecule has 1 aromatic heterocycles. The van der Waals surface area contributed by atoms with Gasteiger partial charge >= 0.3 is 6.03 Å². The van der Waals surface area contributed by atoms with E-state index in [1.807, 2.05) is 36.4 Å². The minimum absolute atomic E-state index is 0.164. The monoisotopic (exact) mass is 823 g/mol. The van der Waals surface area contributed by atoms with Gasteiger partial charge in [-0.3, -0.25) is 9.69 Å². The zero-order chi connectivity index (χ0) is 42.3. The summed E-state index contributed by atoms with van der Waals surface area (Å²) in [6.45, 7) is 13.2. The van der Waals surface area contributed by atoms with E-state index >= 15 is 0 Å². The van der Waals surface area contributed by atoms with Crippen LogP contribution in [0, 0.1) is 0 Å². The molecule has 1 unspecified atom stereocenters. The number of morpholine rings is 1. The van der Waals surface area contributed by atoms with Crippen LogP contribution in [0.3, 0.4) is 0 Å². The van der Waals surface area contributed by atoms with Crippen LogP contribution in [0.2, 0.25) is 0 Å². The van der Waals surface area contributed by atoms with Crippen LogP contribution in [-0.2, 0) is 21.1 Å². The van der Waals surface area contributed by atoms with E-state index in [1.165, 1.54) is 20.5 Å².